The number of fused-ring (bicyclic) bond motifs is 1. The zero-order chi connectivity index (χ0) is 14.1. The summed E-state index contributed by atoms with van der Waals surface area (Å²) in [4.78, 5) is 15.9. The molecular weight excluding hydrogens is 272 g/mol. The second kappa shape index (κ2) is 5.36. The number of carbonyl (C=O) groups is 1. The van der Waals surface area contributed by atoms with E-state index in [-0.39, 0.29) is 5.91 Å². The van der Waals surface area contributed by atoms with Crippen molar-refractivity contribution >= 4 is 33.1 Å². The van der Waals surface area contributed by atoms with Gasteiger partial charge >= 0.3 is 0 Å². The van der Waals surface area contributed by atoms with Crippen LogP contribution in [0.5, 0.6) is 0 Å². The fourth-order valence-electron chi connectivity index (χ4n) is 2.72. The van der Waals surface area contributed by atoms with Crippen molar-refractivity contribution in [3.63, 3.8) is 0 Å². The molecule has 1 saturated heterocycles. The number of likely N-dealkylation sites (tertiary alicyclic amines) is 1. The van der Waals surface area contributed by atoms with Gasteiger partial charge in [0.25, 0.3) is 5.91 Å². The van der Waals surface area contributed by atoms with Crippen LogP contribution in [0.2, 0.25) is 0 Å². The molecule has 1 aliphatic heterocycles. The lowest BCUT2D eigenvalue weighted by Crippen LogP contribution is -2.38. The Morgan fingerprint density at radius 3 is 2.90 bits per heavy atom. The molecule has 20 heavy (non-hydrogen) atoms. The SMILES string of the molecule is CCC1CCN(C(=O)c2sc3nnccc3c2N)CC1. The molecule has 0 bridgehead atoms. The molecule has 0 atom stereocenters. The van der Waals surface area contributed by atoms with E-state index in [1.54, 1.807) is 6.20 Å². The maximum atomic E-state index is 12.6. The highest BCUT2D eigenvalue weighted by molar-refractivity contribution is 7.21. The smallest absolute Gasteiger partial charge is 0.266 e. The van der Waals surface area contributed by atoms with Crippen LogP contribution in [0.3, 0.4) is 0 Å². The van der Waals surface area contributed by atoms with Gasteiger partial charge in [0.05, 0.1) is 11.9 Å². The van der Waals surface area contributed by atoms with E-state index in [2.05, 4.69) is 17.1 Å². The van der Waals surface area contributed by atoms with E-state index in [0.717, 1.165) is 42.1 Å². The number of nitrogen functional groups attached to an aromatic ring is 1. The maximum absolute atomic E-state index is 12.6. The van der Waals surface area contributed by atoms with Gasteiger partial charge in [0.2, 0.25) is 0 Å². The molecule has 0 radical (unpaired) electrons. The van der Waals surface area contributed by atoms with Crippen molar-refractivity contribution in [3.05, 3.63) is 17.1 Å². The zero-order valence-electron chi connectivity index (χ0n) is 11.5. The summed E-state index contributed by atoms with van der Waals surface area (Å²) in [6.45, 7) is 3.87. The molecule has 5 nitrogen and oxygen atoms in total. The van der Waals surface area contributed by atoms with Crippen LogP contribution in [-0.4, -0.2) is 34.1 Å². The largest absolute Gasteiger partial charge is 0.397 e. The molecule has 3 rings (SSSR count). The molecule has 0 spiro atoms. The molecule has 6 heteroatoms. The van der Waals surface area contributed by atoms with Crippen LogP contribution in [0.4, 0.5) is 5.69 Å². The fourth-order valence-corrected chi connectivity index (χ4v) is 3.73. The van der Waals surface area contributed by atoms with Gasteiger partial charge in [0.15, 0.2) is 0 Å². The molecule has 1 fully saturated rings. The van der Waals surface area contributed by atoms with Crippen molar-refractivity contribution < 1.29 is 4.79 Å². The van der Waals surface area contributed by atoms with Crippen LogP contribution in [0.25, 0.3) is 10.2 Å². The van der Waals surface area contributed by atoms with Crippen molar-refractivity contribution in [1.82, 2.24) is 15.1 Å². The number of amides is 1. The van der Waals surface area contributed by atoms with Crippen LogP contribution in [0, 0.1) is 5.92 Å². The Labute approximate surface area is 121 Å². The summed E-state index contributed by atoms with van der Waals surface area (Å²) < 4.78 is 0. The molecule has 2 aromatic rings. The highest BCUT2D eigenvalue weighted by atomic mass is 32.1. The molecule has 106 valence electrons. The number of thiophene rings is 1. The number of anilines is 1. The third-order valence-electron chi connectivity index (χ3n) is 4.09. The third-order valence-corrected chi connectivity index (χ3v) is 5.19. The predicted octanol–water partition coefficient (Wildman–Crippen LogP) is 2.54. The third kappa shape index (κ3) is 2.24. The highest BCUT2D eigenvalue weighted by Crippen LogP contribution is 2.33. The number of hydrogen-bond acceptors (Lipinski definition) is 5. The van der Waals surface area contributed by atoms with E-state index < -0.39 is 0 Å². The van der Waals surface area contributed by atoms with Gasteiger partial charge in [-0.3, -0.25) is 4.79 Å². The van der Waals surface area contributed by atoms with Crippen LogP contribution in [0.15, 0.2) is 12.3 Å². The second-order valence-electron chi connectivity index (χ2n) is 5.24. The Kier molecular flexibility index (Phi) is 3.56. The zero-order valence-corrected chi connectivity index (χ0v) is 12.3. The number of rotatable bonds is 2. The van der Waals surface area contributed by atoms with Gasteiger partial charge in [-0.2, -0.15) is 5.10 Å². The molecular formula is C14H18N4OS. The van der Waals surface area contributed by atoms with Gasteiger partial charge in [-0.1, -0.05) is 13.3 Å². The van der Waals surface area contributed by atoms with E-state index in [1.807, 2.05) is 11.0 Å². The number of nitrogens with zero attached hydrogens (tertiary/aromatic N) is 3. The Balaban J connectivity index is 1.84. The van der Waals surface area contributed by atoms with Crippen molar-refractivity contribution in [2.24, 2.45) is 5.92 Å². The Hall–Kier alpha value is -1.69. The van der Waals surface area contributed by atoms with Gasteiger partial charge in [-0.05, 0) is 24.8 Å². The Bertz CT molecular complexity index is 631. The van der Waals surface area contributed by atoms with Crippen LogP contribution >= 0.6 is 11.3 Å². The van der Waals surface area contributed by atoms with E-state index >= 15 is 0 Å². The Morgan fingerprint density at radius 2 is 2.25 bits per heavy atom. The second-order valence-corrected chi connectivity index (χ2v) is 6.24. The molecule has 2 aromatic heterocycles. The minimum Gasteiger partial charge on any atom is -0.397 e. The standard InChI is InChI=1S/C14H18N4OS/c1-2-9-4-7-18(8-5-9)14(19)12-11(15)10-3-6-16-17-13(10)20-12/h3,6,9H,2,4-5,7-8,15H2,1H3. The van der Waals surface area contributed by atoms with Crippen molar-refractivity contribution in [3.8, 4) is 0 Å². The van der Waals surface area contributed by atoms with Crippen LogP contribution in [-0.2, 0) is 0 Å². The van der Waals surface area contributed by atoms with Gasteiger partial charge < -0.3 is 10.6 Å². The summed E-state index contributed by atoms with van der Waals surface area (Å²) in [7, 11) is 0. The average molecular weight is 290 g/mol. The number of hydrogen-bond donors (Lipinski definition) is 1. The topological polar surface area (TPSA) is 72.1 Å². The van der Waals surface area contributed by atoms with Crippen LogP contribution in [0.1, 0.15) is 35.9 Å². The molecule has 0 saturated carbocycles. The summed E-state index contributed by atoms with van der Waals surface area (Å²) in [6, 6.07) is 1.81. The Morgan fingerprint density at radius 1 is 1.50 bits per heavy atom. The molecule has 1 amide bonds. The summed E-state index contributed by atoms with van der Waals surface area (Å²) in [5.41, 5.74) is 6.64. The predicted molar refractivity (Wildman–Crippen MR) is 80.7 cm³/mol. The van der Waals surface area contributed by atoms with Gasteiger partial charge in [0.1, 0.15) is 9.71 Å². The average Bonchev–Trinajstić information content (AvgIpc) is 2.84. The highest BCUT2D eigenvalue weighted by Gasteiger charge is 2.26. The number of carbonyl (C=O) groups excluding carboxylic acids is 1. The summed E-state index contributed by atoms with van der Waals surface area (Å²) in [5, 5.41) is 8.70. The summed E-state index contributed by atoms with van der Waals surface area (Å²) >= 11 is 1.34. The lowest BCUT2D eigenvalue weighted by atomic mass is 9.94. The van der Waals surface area contributed by atoms with Gasteiger partial charge in [-0.25, -0.2) is 0 Å². The van der Waals surface area contributed by atoms with E-state index in [0.29, 0.717) is 10.6 Å². The summed E-state index contributed by atoms with van der Waals surface area (Å²) in [5.74, 6) is 0.796. The van der Waals surface area contributed by atoms with Gasteiger partial charge in [-0.15, -0.1) is 16.4 Å². The van der Waals surface area contributed by atoms with Crippen molar-refractivity contribution in [2.75, 3.05) is 18.8 Å². The first-order valence-electron chi connectivity index (χ1n) is 6.99. The number of piperidine rings is 1. The maximum Gasteiger partial charge on any atom is 0.266 e. The molecule has 0 aromatic carbocycles. The van der Waals surface area contributed by atoms with E-state index in [4.69, 9.17) is 5.73 Å². The first-order valence-corrected chi connectivity index (χ1v) is 7.81. The van der Waals surface area contributed by atoms with E-state index in [1.165, 1.54) is 17.8 Å². The molecule has 0 unspecified atom stereocenters. The molecule has 1 aliphatic rings. The monoisotopic (exact) mass is 290 g/mol. The van der Waals surface area contributed by atoms with Gasteiger partial charge in [0, 0.05) is 18.5 Å². The van der Waals surface area contributed by atoms with Crippen LogP contribution < -0.4 is 5.73 Å². The quantitative estimate of drug-likeness (QED) is 0.922. The normalized spacial score (nSPS) is 16.8. The fraction of sp³-hybridized carbons (Fsp3) is 0.500. The minimum absolute atomic E-state index is 0.0417. The van der Waals surface area contributed by atoms with E-state index in [9.17, 15) is 4.79 Å². The molecule has 2 N–H and O–H groups in total. The number of aromatic nitrogens is 2. The lowest BCUT2D eigenvalue weighted by Gasteiger charge is -2.31. The lowest BCUT2D eigenvalue weighted by molar-refractivity contribution is 0.0695. The molecule has 3 heterocycles. The minimum atomic E-state index is 0.0417. The first kappa shape index (κ1) is 13.3. The first-order chi connectivity index (χ1) is 9.70. The summed E-state index contributed by atoms with van der Waals surface area (Å²) in [6.07, 6.45) is 4.98. The molecule has 0 aliphatic carbocycles. The number of nitrogens with two attached hydrogens (primary N) is 1. The van der Waals surface area contributed by atoms with Crippen molar-refractivity contribution in [2.45, 2.75) is 26.2 Å². The van der Waals surface area contributed by atoms with Crippen molar-refractivity contribution in [1.29, 1.82) is 0 Å².